The van der Waals surface area contributed by atoms with E-state index in [1.54, 1.807) is 24.7 Å². The highest BCUT2D eigenvalue weighted by Gasteiger charge is 2.07. The number of nitro benzene ring substituents is 1. The maximum Gasteiger partial charge on any atom is 0.269 e. The highest BCUT2D eigenvalue weighted by Crippen LogP contribution is 2.17. The van der Waals surface area contributed by atoms with Crippen LogP contribution in [0, 0.1) is 10.1 Å². The predicted octanol–water partition coefficient (Wildman–Crippen LogP) is 2.80. The smallest absolute Gasteiger partial charge is 0.269 e. The molecule has 1 heterocycles. The minimum absolute atomic E-state index is 0.0326. The van der Waals surface area contributed by atoms with Crippen molar-refractivity contribution in [1.29, 1.82) is 0 Å². The quantitative estimate of drug-likeness (QED) is 0.550. The molecule has 0 saturated heterocycles. The van der Waals surface area contributed by atoms with Crippen LogP contribution in [0.15, 0.2) is 67.3 Å². The summed E-state index contributed by atoms with van der Waals surface area (Å²) in [6.45, 7) is -0.193. The van der Waals surface area contributed by atoms with Crippen molar-refractivity contribution in [2.24, 2.45) is 0 Å². The van der Waals surface area contributed by atoms with Gasteiger partial charge in [0.2, 0.25) is 0 Å². The Labute approximate surface area is 142 Å². The number of benzene rings is 2. The van der Waals surface area contributed by atoms with E-state index >= 15 is 0 Å². The van der Waals surface area contributed by atoms with Crippen molar-refractivity contribution in [3.05, 3.63) is 77.4 Å². The van der Waals surface area contributed by atoms with Gasteiger partial charge in [0, 0.05) is 35.9 Å². The molecule has 0 unspecified atom stereocenters. The van der Waals surface area contributed by atoms with Gasteiger partial charge < -0.3 is 14.6 Å². The van der Waals surface area contributed by atoms with Crippen molar-refractivity contribution in [3.63, 3.8) is 0 Å². The number of nitrogens with zero attached hydrogens (tertiary/aromatic N) is 3. The second-order valence-electron chi connectivity index (χ2n) is 5.10. The van der Waals surface area contributed by atoms with Gasteiger partial charge in [0.15, 0.2) is 6.61 Å². The Hall–Kier alpha value is -3.68. The van der Waals surface area contributed by atoms with Crippen LogP contribution in [0.2, 0.25) is 0 Å². The summed E-state index contributed by atoms with van der Waals surface area (Å²) in [5.74, 6) is 0.0601. The number of nitro groups is 1. The molecule has 0 atom stereocenters. The van der Waals surface area contributed by atoms with E-state index in [9.17, 15) is 14.9 Å². The molecule has 1 N–H and O–H groups in total. The Kier molecular flexibility index (Phi) is 4.70. The van der Waals surface area contributed by atoms with Crippen LogP contribution < -0.4 is 10.1 Å². The lowest BCUT2D eigenvalue weighted by Crippen LogP contribution is -2.20. The van der Waals surface area contributed by atoms with E-state index in [4.69, 9.17) is 4.74 Å². The molecule has 3 rings (SSSR count). The monoisotopic (exact) mass is 338 g/mol. The van der Waals surface area contributed by atoms with Gasteiger partial charge in [-0.3, -0.25) is 14.9 Å². The molecule has 0 radical (unpaired) electrons. The molecule has 1 aromatic heterocycles. The number of anilines is 1. The van der Waals surface area contributed by atoms with Gasteiger partial charge in [-0.15, -0.1) is 0 Å². The summed E-state index contributed by atoms with van der Waals surface area (Å²) in [6.07, 6.45) is 5.20. The number of hydrogen-bond acceptors (Lipinski definition) is 5. The summed E-state index contributed by atoms with van der Waals surface area (Å²) in [5.41, 5.74) is 1.54. The first-order valence-corrected chi connectivity index (χ1v) is 7.37. The summed E-state index contributed by atoms with van der Waals surface area (Å²) in [5, 5.41) is 13.3. The number of aromatic nitrogens is 2. The molecule has 1 amide bonds. The molecule has 0 aliphatic heterocycles. The van der Waals surface area contributed by atoms with Crippen LogP contribution >= 0.6 is 0 Å². The number of nitrogens with one attached hydrogen (secondary N) is 1. The predicted molar refractivity (Wildman–Crippen MR) is 90.8 cm³/mol. The van der Waals surface area contributed by atoms with Crippen LogP contribution in [0.5, 0.6) is 5.75 Å². The molecule has 2 aromatic carbocycles. The van der Waals surface area contributed by atoms with Crippen LogP contribution in [0.4, 0.5) is 11.4 Å². The summed E-state index contributed by atoms with van der Waals surface area (Å²) >= 11 is 0. The van der Waals surface area contributed by atoms with E-state index in [1.807, 2.05) is 22.9 Å². The molecule has 8 heteroatoms. The third-order valence-corrected chi connectivity index (χ3v) is 3.37. The van der Waals surface area contributed by atoms with Crippen molar-refractivity contribution in [3.8, 4) is 11.4 Å². The lowest BCUT2D eigenvalue weighted by Gasteiger charge is -2.08. The van der Waals surface area contributed by atoms with Gasteiger partial charge in [0.05, 0.1) is 11.3 Å². The highest BCUT2D eigenvalue weighted by atomic mass is 16.6. The maximum absolute atomic E-state index is 11.9. The SMILES string of the molecule is O=C(COc1ccc([N+](=O)[O-])cc1)Nc1ccc(-n2ccnc2)cc1. The Balaban J connectivity index is 1.53. The molecule has 0 bridgehead atoms. The lowest BCUT2D eigenvalue weighted by molar-refractivity contribution is -0.384. The molecule has 0 saturated carbocycles. The zero-order valence-corrected chi connectivity index (χ0v) is 13.0. The third kappa shape index (κ3) is 4.20. The Morgan fingerprint density at radius 1 is 1.16 bits per heavy atom. The molecule has 0 spiro atoms. The van der Waals surface area contributed by atoms with Crippen molar-refractivity contribution in [1.82, 2.24) is 9.55 Å². The second kappa shape index (κ2) is 7.26. The first-order valence-electron chi connectivity index (χ1n) is 7.37. The molecule has 0 fully saturated rings. The van der Waals surface area contributed by atoms with Crippen LogP contribution in [-0.2, 0) is 4.79 Å². The van der Waals surface area contributed by atoms with Crippen molar-refractivity contribution >= 4 is 17.3 Å². The van der Waals surface area contributed by atoms with E-state index in [-0.39, 0.29) is 18.2 Å². The number of imidazole rings is 1. The van der Waals surface area contributed by atoms with Gasteiger partial charge in [-0.1, -0.05) is 0 Å². The van der Waals surface area contributed by atoms with E-state index in [0.717, 1.165) is 5.69 Å². The fraction of sp³-hybridized carbons (Fsp3) is 0.0588. The minimum Gasteiger partial charge on any atom is -0.484 e. The number of non-ortho nitro benzene ring substituents is 1. The van der Waals surface area contributed by atoms with Crippen molar-refractivity contribution in [2.75, 3.05) is 11.9 Å². The zero-order valence-electron chi connectivity index (χ0n) is 13.0. The van der Waals surface area contributed by atoms with E-state index in [1.165, 1.54) is 24.3 Å². The number of ether oxygens (including phenoxy) is 1. The fourth-order valence-electron chi connectivity index (χ4n) is 2.14. The number of hydrogen-bond donors (Lipinski definition) is 1. The Morgan fingerprint density at radius 2 is 1.88 bits per heavy atom. The summed E-state index contributed by atoms with van der Waals surface area (Å²) < 4.78 is 7.16. The van der Waals surface area contributed by atoms with Gasteiger partial charge in [0.1, 0.15) is 5.75 Å². The first-order chi connectivity index (χ1) is 12.1. The zero-order chi connectivity index (χ0) is 17.6. The number of carbonyl (C=O) groups is 1. The molecule has 126 valence electrons. The average molecular weight is 338 g/mol. The number of amides is 1. The van der Waals surface area contributed by atoms with Gasteiger partial charge >= 0.3 is 0 Å². The molecular formula is C17H14N4O4. The lowest BCUT2D eigenvalue weighted by atomic mass is 10.2. The molecule has 0 aliphatic rings. The highest BCUT2D eigenvalue weighted by molar-refractivity contribution is 5.91. The summed E-state index contributed by atoms with van der Waals surface area (Å²) in [4.78, 5) is 26.0. The first kappa shape index (κ1) is 16.2. The van der Waals surface area contributed by atoms with E-state index < -0.39 is 4.92 Å². The van der Waals surface area contributed by atoms with E-state index in [0.29, 0.717) is 11.4 Å². The number of carbonyl (C=O) groups excluding carboxylic acids is 1. The van der Waals surface area contributed by atoms with Crippen LogP contribution in [-0.4, -0.2) is 27.0 Å². The molecular weight excluding hydrogens is 324 g/mol. The van der Waals surface area contributed by atoms with Crippen molar-refractivity contribution in [2.45, 2.75) is 0 Å². The standard InChI is InChI=1S/C17H14N4O4/c22-17(11-25-16-7-5-15(6-8-16)21(23)24)19-13-1-3-14(4-2-13)20-10-9-18-12-20/h1-10,12H,11H2,(H,19,22). The maximum atomic E-state index is 11.9. The topological polar surface area (TPSA) is 99.3 Å². The van der Waals surface area contributed by atoms with Crippen molar-refractivity contribution < 1.29 is 14.5 Å². The molecule has 25 heavy (non-hydrogen) atoms. The Morgan fingerprint density at radius 3 is 2.48 bits per heavy atom. The van der Waals surface area contributed by atoms with Gasteiger partial charge in [0.25, 0.3) is 11.6 Å². The van der Waals surface area contributed by atoms with E-state index in [2.05, 4.69) is 10.3 Å². The summed E-state index contributed by atoms with van der Waals surface area (Å²) in [6, 6.07) is 12.8. The van der Waals surface area contributed by atoms with Crippen LogP contribution in [0.1, 0.15) is 0 Å². The molecule has 3 aromatic rings. The third-order valence-electron chi connectivity index (χ3n) is 3.37. The summed E-state index contributed by atoms with van der Waals surface area (Å²) in [7, 11) is 0. The molecule has 0 aliphatic carbocycles. The number of rotatable bonds is 6. The largest absolute Gasteiger partial charge is 0.484 e. The normalized spacial score (nSPS) is 10.2. The van der Waals surface area contributed by atoms with Gasteiger partial charge in [-0.25, -0.2) is 4.98 Å². The minimum atomic E-state index is -0.496. The second-order valence-corrected chi connectivity index (χ2v) is 5.10. The van der Waals surface area contributed by atoms with Crippen LogP contribution in [0.3, 0.4) is 0 Å². The average Bonchev–Trinajstić information content (AvgIpc) is 3.15. The fourth-order valence-corrected chi connectivity index (χ4v) is 2.14. The van der Waals surface area contributed by atoms with Gasteiger partial charge in [-0.2, -0.15) is 0 Å². The van der Waals surface area contributed by atoms with Gasteiger partial charge in [-0.05, 0) is 36.4 Å². The molecule has 8 nitrogen and oxygen atoms in total. The Bertz CT molecular complexity index is 859. The van der Waals surface area contributed by atoms with Crippen LogP contribution in [0.25, 0.3) is 5.69 Å².